The Morgan fingerprint density at radius 1 is 0.962 bits per heavy atom. The summed E-state index contributed by atoms with van der Waals surface area (Å²) in [5, 5.41) is 32.8. The van der Waals surface area contributed by atoms with E-state index in [4.69, 9.17) is 0 Å². The standard InChI is InChI=1S/C23H40O3/c1-5-13(2)16-6-7-17-21-18(12-20(26)23(16,17)4)22(3)9-8-15(24)10-14(22)11-19(21)25/h13-21,24-26H,5-12H2,1-4H3/t13?,14-,15+,16+,17-,18-,19+,20-,21-,22-,23+/m0/s1. The van der Waals surface area contributed by atoms with Crippen molar-refractivity contribution in [2.24, 2.45) is 46.3 Å². The van der Waals surface area contributed by atoms with Gasteiger partial charge >= 0.3 is 0 Å². The summed E-state index contributed by atoms with van der Waals surface area (Å²) in [4.78, 5) is 0. The smallest absolute Gasteiger partial charge is 0.0602 e. The maximum atomic E-state index is 11.4. The third kappa shape index (κ3) is 2.49. The van der Waals surface area contributed by atoms with Crippen LogP contribution < -0.4 is 0 Å². The first-order valence-corrected chi connectivity index (χ1v) is 11.3. The minimum Gasteiger partial charge on any atom is -0.393 e. The first-order valence-electron chi connectivity index (χ1n) is 11.3. The predicted octanol–water partition coefficient (Wildman–Crippen LogP) is 3.99. The Hall–Kier alpha value is -0.120. The first kappa shape index (κ1) is 19.2. The molecule has 0 aromatic rings. The number of aliphatic hydroxyl groups excluding tert-OH is 3. The molecule has 0 saturated heterocycles. The fraction of sp³-hybridized carbons (Fsp3) is 1.00. The molecule has 0 bridgehead atoms. The van der Waals surface area contributed by atoms with Crippen molar-refractivity contribution < 1.29 is 15.3 Å². The second-order valence-electron chi connectivity index (χ2n) is 10.9. The van der Waals surface area contributed by atoms with Crippen LogP contribution in [0.3, 0.4) is 0 Å². The van der Waals surface area contributed by atoms with Crippen LogP contribution in [-0.4, -0.2) is 33.6 Å². The van der Waals surface area contributed by atoms with Gasteiger partial charge in [0.25, 0.3) is 0 Å². The monoisotopic (exact) mass is 364 g/mol. The first-order chi connectivity index (χ1) is 12.2. The number of aliphatic hydroxyl groups is 3. The SMILES string of the molecule is CCC(C)[C@H]1CC[C@H]2[C@@H]3[C@H](O)C[C@@H]4C[C@H](O)CC[C@]4(C)[C@H]3C[C@H](O)[C@]12C. The van der Waals surface area contributed by atoms with E-state index < -0.39 is 0 Å². The van der Waals surface area contributed by atoms with Crippen molar-refractivity contribution in [2.45, 2.75) is 97.4 Å². The summed E-state index contributed by atoms with van der Waals surface area (Å²) in [6.07, 6.45) is 7.34. The van der Waals surface area contributed by atoms with Crippen LogP contribution in [-0.2, 0) is 0 Å². The lowest BCUT2D eigenvalue weighted by molar-refractivity contribution is -0.206. The molecule has 4 aliphatic rings. The molecule has 4 saturated carbocycles. The second-order valence-corrected chi connectivity index (χ2v) is 10.9. The molecular formula is C23H40O3. The summed E-state index contributed by atoms with van der Waals surface area (Å²) in [5.74, 6) is 2.84. The van der Waals surface area contributed by atoms with Gasteiger partial charge in [-0.2, -0.15) is 0 Å². The number of hydrogen-bond acceptors (Lipinski definition) is 3. The van der Waals surface area contributed by atoms with Gasteiger partial charge < -0.3 is 15.3 Å². The molecule has 4 rings (SSSR count). The molecular weight excluding hydrogens is 324 g/mol. The van der Waals surface area contributed by atoms with Gasteiger partial charge in [0, 0.05) is 0 Å². The Morgan fingerprint density at radius 3 is 2.38 bits per heavy atom. The largest absolute Gasteiger partial charge is 0.393 e. The van der Waals surface area contributed by atoms with Gasteiger partial charge in [-0.05, 0) is 91.3 Å². The molecule has 0 spiro atoms. The van der Waals surface area contributed by atoms with Crippen molar-refractivity contribution in [3.8, 4) is 0 Å². The van der Waals surface area contributed by atoms with E-state index in [2.05, 4.69) is 27.7 Å². The van der Waals surface area contributed by atoms with Crippen molar-refractivity contribution in [3.05, 3.63) is 0 Å². The highest BCUT2D eigenvalue weighted by Gasteiger charge is 2.65. The molecule has 4 fully saturated rings. The van der Waals surface area contributed by atoms with E-state index in [1.807, 2.05) is 0 Å². The normalized spacial score (nSPS) is 57.8. The van der Waals surface area contributed by atoms with Crippen molar-refractivity contribution in [2.75, 3.05) is 0 Å². The third-order valence-electron chi connectivity index (χ3n) is 10.2. The summed E-state index contributed by atoms with van der Waals surface area (Å²) in [5.41, 5.74) is 0.148. The van der Waals surface area contributed by atoms with Crippen LogP contribution in [0, 0.1) is 46.3 Å². The van der Waals surface area contributed by atoms with Crippen LogP contribution in [0.25, 0.3) is 0 Å². The predicted molar refractivity (Wildman–Crippen MR) is 103 cm³/mol. The molecule has 11 atom stereocenters. The number of rotatable bonds is 2. The average molecular weight is 365 g/mol. The zero-order valence-corrected chi connectivity index (χ0v) is 17.2. The molecule has 0 radical (unpaired) electrons. The quantitative estimate of drug-likeness (QED) is 0.694. The minimum absolute atomic E-state index is 0.0328. The molecule has 3 heteroatoms. The second kappa shape index (κ2) is 6.46. The van der Waals surface area contributed by atoms with Crippen LogP contribution in [0.1, 0.15) is 79.1 Å². The summed E-state index contributed by atoms with van der Waals surface area (Å²) in [6.45, 7) is 9.37. The fourth-order valence-electron chi connectivity index (χ4n) is 8.42. The van der Waals surface area contributed by atoms with Crippen molar-refractivity contribution in [1.29, 1.82) is 0 Å². The Morgan fingerprint density at radius 2 is 1.69 bits per heavy atom. The minimum atomic E-state index is -0.254. The Balaban J connectivity index is 1.68. The molecule has 3 N–H and O–H groups in total. The lowest BCUT2D eigenvalue weighted by Crippen LogP contribution is -2.62. The molecule has 0 aromatic heterocycles. The van der Waals surface area contributed by atoms with E-state index in [1.165, 1.54) is 19.3 Å². The lowest BCUT2D eigenvalue weighted by atomic mass is 9.43. The van der Waals surface area contributed by atoms with Gasteiger partial charge in [-0.15, -0.1) is 0 Å². The van der Waals surface area contributed by atoms with Gasteiger partial charge in [0.15, 0.2) is 0 Å². The molecule has 26 heavy (non-hydrogen) atoms. The summed E-state index contributed by atoms with van der Waals surface area (Å²) in [6, 6.07) is 0. The molecule has 0 aromatic carbocycles. The highest BCUT2D eigenvalue weighted by atomic mass is 16.3. The highest BCUT2D eigenvalue weighted by molar-refractivity contribution is 5.14. The van der Waals surface area contributed by atoms with Crippen LogP contribution in [0.5, 0.6) is 0 Å². The molecule has 3 nitrogen and oxygen atoms in total. The lowest BCUT2D eigenvalue weighted by Gasteiger charge is -2.63. The number of hydrogen-bond donors (Lipinski definition) is 3. The van der Waals surface area contributed by atoms with E-state index in [0.717, 1.165) is 32.1 Å². The molecule has 150 valence electrons. The Labute approximate surface area is 159 Å². The average Bonchev–Trinajstić information content (AvgIpc) is 2.95. The van der Waals surface area contributed by atoms with Gasteiger partial charge in [0.1, 0.15) is 0 Å². The summed E-state index contributed by atoms with van der Waals surface area (Å²) >= 11 is 0. The van der Waals surface area contributed by atoms with Gasteiger partial charge in [-0.1, -0.05) is 34.1 Å². The summed E-state index contributed by atoms with van der Waals surface area (Å²) < 4.78 is 0. The number of fused-ring (bicyclic) bond motifs is 5. The van der Waals surface area contributed by atoms with Gasteiger partial charge in [0.2, 0.25) is 0 Å². The Bertz CT molecular complexity index is 536. The molecule has 1 unspecified atom stereocenters. The van der Waals surface area contributed by atoms with Gasteiger partial charge in [-0.25, -0.2) is 0 Å². The van der Waals surface area contributed by atoms with Crippen molar-refractivity contribution >= 4 is 0 Å². The van der Waals surface area contributed by atoms with Crippen LogP contribution in [0.4, 0.5) is 0 Å². The maximum Gasteiger partial charge on any atom is 0.0602 e. The zero-order valence-electron chi connectivity index (χ0n) is 17.2. The van der Waals surface area contributed by atoms with Gasteiger partial charge in [-0.3, -0.25) is 0 Å². The zero-order chi connectivity index (χ0) is 18.9. The van der Waals surface area contributed by atoms with E-state index in [1.54, 1.807) is 0 Å². The van der Waals surface area contributed by atoms with Crippen molar-refractivity contribution in [1.82, 2.24) is 0 Å². The van der Waals surface area contributed by atoms with Crippen LogP contribution in [0.2, 0.25) is 0 Å². The molecule has 4 aliphatic carbocycles. The van der Waals surface area contributed by atoms with E-state index in [0.29, 0.717) is 35.5 Å². The maximum absolute atomic E-state index is 11.4. The van der Waals surface area contributed by atoms with Crippen LogP contribution in [0.15, 0.2) is 0 Å². The molecule has 0 heterocycles. The van der Waals surface area contributed by atoms with E-state index >= 15 is 0 Å². The Kier molecular flexibility index (Phi) is 4.77. The summed E-state index contributed by atoms with van der Waals surface area (Å²) in [7, 11) is 0. The fourth-order valence-corrected chi connectivity index (χ4v) is 8.42. The van der Waals surface area contributed by atoms with E-state index in [-0.39, 0.29) is 29.1 Å². The third-order valence-corrected chi connectivity index (χ3v) is 10.2. The topological polar surface area (TPSA) is 60.7 Å². The molecule has 0 amide bonds. The van der Waals surface area contributed by atoms with Gasteiger partial charge in [0.05, 0.1) is 18.3 Å². The van der Waals surface area contributed by atoms with Crippen molar-refractivity contribution in [3.63, 3.8) is 0 Å². The van der Waals surface area contributed by atoms with E-state index in [9.17, 15) is 15.3 Å². The highest BCUT2D eigenvalue weighted by Crippen LogP contribution is 2.68. The molecule has 0 aliphatic heterocycles. The van der Waals surface area contributed by atoms with Crippen LogP contribution >= 0.6 is 0 Å².